The zero-order valence-corrected chi connectivity index (χ0v) is 11.0. The summed E-state index contributed by atoms with van der Waals surface area (Å²) in [7, 11) is 0. The van der Waals surface area contributed by atoms with E-state index < -0.39 is 0 Å². The first kappa shape index (κ1) is 15.9. The first-order valence-corrected chi connectivity index (χ1v) is 7.07. The van der Waals surface area contributed by atoms with Crippen LogP contribution in [0.25, 0.3) is 0 Å². The fraction of sp³-hybridized carbons (Fsp3) is 1.00. The Labute approximate surface area is 101 Å². The van der Waals surface area contributed by atoms with Gasteiger partial charge >= 0.3 is 0 Å². The summed E-state index contributed by atoms with van der Waals surface area (Å²) in [5, 5.41) is 10.2. The molecule has 0 aromatic heterocycles. The summed E-state index contributed by atoms with van der Waals surface area (Å²) in [6.45, 7) is 4.11. The second-order valence-corrected chi connectivity index (χ2v) is 4.50. The van der Waals surface area contributed by atoms with Crippen LogP contribution in [0.4, 0.5) is 0 Å². The van der Waals surface area contributed by atoms with Gasteiger partial charge in [-0.3, -0.25) is 0 Å². The molecule has 0 saturated heterocycles. The fourth-order valence-corrected chi connectivity index (χ4v) is 1.79. The average Bonchev–Trinajstić information content (AvgIpc) is 2.31. The van der Waals surface area contributed by atoms with Gasteiger partial charge in [0.25, 0.3) is 0 Å². The Hall–Kier alpha value is -0.0800. The van der Waals surface area contributed by atoms with Crippen LogP contribution in [0.15, 0.2) is 0 Å². The van der Waals surface area contributed by atoms with E-state index in [0.717, 1.165) is 32.5 Å². The molecular formula is C14H29O2. The summed E-state index contributed by atoms with van der Waals surface area (Å²) in [6.07, 6.45) is 12.3. The molecule has 97 valence electrons. The highest BCUT2D eigenvalue weighted by molar-refractivity contribution is 4.47. The molecule has 1 radical (unpaired) electrons. The molecule has 0 bridgehead atoms. The van der Waals surface area contributed by atoms with Crippen LogP contribution in [-0.4, -0.2) is 19.8 Å². The number of unbranched alkanes of at least 4 members (excludes halogenated alkanes) is 8. The predicted molar refractivity (Wildman–Crippen MR) is 68.2 cm³/mol. The topological polar surface area (TPSA) is 29.1 Å². The molecule has 0 rings (SSSR count). The molecule has 0 aromatic rings. The van der Waals surface area contributed by atoms with E-state index >= 15 is 0 Å². The standard InChI is InChI=1S/C14H29O2/c1-2-13-16-14-11-9-7-5-3-4-6-8-10-12-15/h2-14H2,1H3. The van der Waals surface area contributed by atoms with E-state index in [1.54, 1.807) is 0 Å². The van der Waals surface area contributed by atoms with Crippen LogP contribution in [0.1, 0.15) is 71.1 Å². The first-order valence-electron chi connectivity index (χ1n) is 7.07. The minimum absolute atomic E-state index is 0.109. The lowest BCUT2D eigenvalue weighted by molar-refractivity contribution is 0.130. The Balaban J connectivity index is 2.83. The Morgan fingerprint density at radius 1 is 0.688 bits per heavy atom. The van der Waals surface area contributed by atoms with Gasteiger partial charge in [-0.15, -0.1) is 0 Å². The first-order chi connectivity index (χ1) is 7.91. The van der Waals surface area contributed by atoms with Gasteiger partial charge in [0.1, 0.15) is 0 Å². The van der Waals surface area contributed by atoms with E-state index in [2.05, 4.69) is 6.92 Å². The molecule has 0 saturated carbocycles. The molecule has 0 unspecified atom stereocenters. The highest BCUT2D eigenvalue weighted by Crippen LogP contribution is 2.09. The molecule has 0 aliphatic rings. The van der Waals surface area contributed by atoms with Crippen LogP contribution in [-0.2, 0) is 9.84 Å². The molecule has 0 aromatic carbocycles. The third-order valence-corrected chi connectivity index (χ3v) is 2.78. The van der Waals surface area contributed by atoms with E-state index in [1.165, 1.54) is 44.9 Å². The van der Waals surface area contributed by atoms with Crippen LogP contribution in [0.2, 0.25) is 0 Å². The SMILES string of the molecule is CCCOCCCCCCCCCCC[O]. The number of rotatable bonds is 13. The number of ether oxygens (including phenoxy) is 1. The molecule has 0 amide bonds. The van der Waals surface area contributed by atoms with Gasteiger partial charge in [-0.25, -0.2) is 5.11 Å². The predicted octanol–water partition coefficient (Wildman–Crippen LogP) is 4.35. The smallest absolute Gasteiger partial charge is 0.0822 e. The highest BCUT2D eigenvalue weighted by atomic mass is 16.5. The average molecular weight is 229 g/mol. The minimum Gasteiger partial charge on any atom is -0.381 e. The van der Waals surface area contributed by atoms with Crippen molar-refractivity contribution in [2.75, 3.05) is 19.8 Å². The van der Waals surface area contributed by atoms with Gasteiger partial charge in [0.15, 0.2) is 0 Å². The number of hydrogen-bond donors (Lipinski definition) is 0. The van der Waals surface area contributed by atoms with Crippen molar-refractivity contribution in [3.05, 3.63) is 0 Å². The van der Waals surface area contributed by atoms with Crippen molar-refractivity contribution in [3.63, 3.8) is 0 Å². The molecule has 0 atom stereocenters. The van der Waals surface area contributed by atoms with Crippen molar-refractivity contribution >= 4 is 0 Å². The van der Waals surface area contributed by atoms with Gasteiger partial charge < -0.3 is 4.74 Å². The molecule has 0 fully saturated rings. The van der Waals surface area contributed by atoms with Crippen LogP contribution in [0.3, 0.4) is 0 Å². The van der Waals surface area contributed by atoms with Crippen molar-refractivity contribution in [3.8, 4) is 0 Å². The zero-order chi connectivity index (χ0) is 11.9. The van der Waals surface area contributed by atoms with E-state index in [-0.39, 0.29) is 6.61 Å². The normalized spacial score (nSPS) is 10.9. The molecule has 16 heavy (non-hydrogen) atoms. The molecule has 0 spiro atoms. The molecular weight excluding hydrogens is 200 g/mol. The molecule has 0 aliphatic carbocycles. The maximum absolute atomic E-state index is 10.2. The largest absolute Gasteiger partial charge is 0.381 e. The maximum atomic E-state index is 10.2. The summed E-state index contributed by atoms with van der Waals surface area (Å²) in [5.41, 5.74) is 0. The van der Waals surface area contributed by atoms with E-state index in [0.29, 0.717) is 0 Å². The monoisotopic (exact) mass is 229 g/mol. The van der Waals surface area contributed by atoms with Crippen molar-refractivity contribution < 1.29 is 9.84 Å². The van der Waals surface area contributed by atoms with Crippen molar-refractivity contribution in [1.82, 2.24) is 0 Å². The minimum atomic E-state index is 0.109. The summed E-state index contributed by atoms with van der Waals surface area (Å²) >= 11 is 0. The Kier molecular flexibility index (Phi) is 14.8. The van der Waals surface area contributed by atoms with Crippen LogP contribution >= 0.6 is 0 Å². The lowest BCUT2D eigenvalue weighted by Crippen LogP contribution is -1.95. The fourth-order valence-electron chi connectivity index (χ4n) is 1.79. The molecule has 0 heterocycles. The summed E-state index contributed by atoms with van der Waals surface area (Å²) in [6, 6.07) is 0. The summed E-state index contributed by atoms with van der Waals surface area (Å²) < 4.78 is 5.43. The summed E-state index contributed by atoms with van der Waals surface area (Å²) in [5.74, 6) is 0. The van der Waals surface area contributed by atoms with E-state index in [4.69, 9.17) is 4.74 Å². The van der Waals surface area contributed by atoms with Crippen molar-refractivity contribution in [2.45, 2.75) is 71.1 Å². The van der Waals surface area contributed by atoms with Crippen LogP contribution in [0.5, 0.6) is 0 Å². The third kappa shape index (κ3) is 13.9. The molecule has 2 nitrogen and oxygen atoms in total. The van der Waals surface area contributed by atoms with E-state index in [9.17, 15) is 5.11 Å². The lowest BCUT2D eigenvalue weighted by atomic mass is 10.1. The van der Waals surface area contributed by atoms with Gasteiger partial charge in [0.05, 0.1) is 6.61 Å². The Bertz CT molecular complexity index is 101. The second-order valence-electron chi connectivity index (χ2n) is 4.50. The highest BCUT2D eigenvalue weighted by Gasteiger charge is 1.93. The van der Waals surface area contributed by atoms with Gasteiger partial charge in [-0.1, -0.05) is 51.9 Å². The van der Waals surface area contributed by atoms with Gasteiger partial charge in [-0.05, 0) is 19.3 Å². The van der Waals surface area contributed by atoms with Gasteiger partial charge in [0, 0.05) is 13.2 Å². The maximum Gasteiger partial charge on any atom is 0.0822 e. The van der Waals surface area contributed by atoms with Gasteiger partial charge in [0.2, 0.25) is 0 Å². The zero-order valence-electron chi connectivity index (χ0n) is 11.0. The quantitative estimate of drug-likeness (QED) is 0.432. The number of hydrogen-bond acceptors (Lipinski definition) is 1. The van der Waals surface area contributed by atoms with Crippen molar-refractivity contribution in [1.29, 1.82) is 0 Å². The molecule has 0 aliphatic heterocycles. The molecule has 0 N–H and O–H groups in total. The summed E-state index contributed by atoms with van der Waals surface area (Å²) in [4.78, 5) is 0. The van der Waals surface area contributed by atoms with Crippen molar-refractivity contribution in [2.24, 2.45) is 0 Å². The van der Waals surface area contributed by atoms with Gasteiger partial charge in [-0.2, -0.15) is 0 Å². The van der Waals surface area contributed by atoms with Crippen LogP contribution < -0.4 is 0 Å². The third-order valence-electron chi connectivity index (χ3n) is 2.78. The van der Waals surface area contributed by atoms with E-state index in [1.807, 2.05) is 0 Å². The molecule has 2 heteroatoms. The van der Waals surface area contributed by atoms with Crippen LogP contribution in [0, 0.1) is 0 Å². The second kappa shape index (κ2) is 14.9. The lowest BCUT2D eigenvalue weighted by Gasteiger charge is -2.03. The Morgan fingerprint density at radius 2 is 1.19 bits per heavy atom. The Morgan fingerprint density at radius 3 is 1.69 bits per heavy atom.